The normalized spacial score (nSPS) is 11.5. The molecule has 0 bridgehead atoms. The molecule has 1 nitrogen and oxygen atoms in total. The summed E-state index contributed by atoms with van der Waals surface area (Å²) < 4.78 is 42.0. The summed E-state index contributed by atoms with van der Waals surface area (Å²) in [5.41, 5.74) is 0. The maximum absolute atomic E-state index is 12.0. The summed E-state index contributed by atoms with van der Waals surface area (Å²) in [5, 5.41) is 0. The summed E-state index contributed by atoms with van der Waals surface area (Å²) >= 11 is -0.355. The molecule has 96 valence electrons. The van der Waals surface area contributed by atoms with Gasteiger partial charge in [-0.3, -0.25) is 0 Å². The van der Waals surface area contributed by atoms with Gasteiger partial charge in [0.05, 0.1) is 0 Å². The monoisotopic (exact) mass is 365 g/mol. The standard InChI is InChI=1S/C13H9F3IO/c14-13(15,16)18-12-8-6-11(7-9-12)17-10-4-2-1-3-5-10/h1-9H/q-1. The molecule has 0 unspecified atom stereocenters. The third-order valence-electron chi connectivity index (χ3n) is 2.00. The van der Waals surface area contributed by atoms with E-state index in [1.807, 2.05) is 30.3 Å². The molecule has 0 fully saturated rings. The van der Waals surface area contributed by atoms with Gasteiger partial charge in [-0.1, -0.05) is 0 Å². The van der Waals surface area contributed by atoms with Crippen molar-refractivity contribution < 1.29 is 39.1 Å². The summed E-state index contributed by atoms with van der Waals surface area (Å²) in [4.78, 5) is 0. The molecule has 0 saturated carbocycles. The van der Waals surface area contributed by atoms with Crippen molar-refractivity contribution in [2.45, 2.75) is 6.36 Å². The van der Waals surface area contributed by atoms with Gasteiger partial charge in [0.1, 0.15) is 0 Å². The average molecular weight is 365 g/mol. The molecule has 18 heavy (non-hydrogen) atoms. The number of rotatable bonds is 3. The van der Waals surface area contributed by atoms with Crippen LogP contribution in [0, 0.1) is 7.14 Å². The number of benzene rings is 2. The van der Waals surface area contributed by atoms with Crippen LogP contribution in [0.15, 0.2) is 54.6 Å². The van der Waals surface area contributed by atoms with Crippen molar-refractivity contribution in [3.63, 3.8) is 0 Å². The third kappa shape index (κ3) is 4.21. The van der Waals surface area contributed by atoms with Gasteiger partial charge in [0.25, 0.3) is 0 Å². The van der Waals surface area contributed by atoms with Gasteiger partial charge in [-0.05, 0) is 0 Å². The summed E-state index contributed by atoms with van der Waals surface area (Å²) in [7, 11) is 0. The van der Waals surface area contributed by atoms with Crippen LogP contribution < -0.4 is 25.9 Å². The Kier molecular flexibility index (Phi) is 4.11. The summed E-state index contributed by atoms with van der Waals surface area (Å²) in [6, 6.07) is 16.0. The molecule has 0 aliphatic heterocycles. The Morgan fingerprint density at radius 3 is 1.89 bits per heavy atom. The van der Waals surface area contributed by atoms with Crippen molar-refractivity contribution in [3.8, 4) is 5.75 Å². The van der Waals surface area contributed by atoms with E-state index in [-0.39, 0.29) is 27.0 Å². The molecule has 0 aliphatic carbocycles. The van der Waals surface area contributed by atoms with Crippen molar-refractivity contribution in [1.82, 2.24) is 0 Å². The van der Waals surface area contributed by atoms with Crippen molar-refractivity contribution in [2.24, 2.45) is 0 Å². The SMILES string of the molecule is FC(F)(F)Oc1ccc([I-]c2ccccc2)cc1. The minimum absolute atomic E-state index is 0.177. The van der Waals surface area contributed by atoms with Gasteiger partial charge < -0.3 is 0 Å². The van der Waals surface area contributed by atoms with Crippen LogP contribution in [0.1, 0.15) is 0 Å². The first-order valence-corrected chi connectivity index (χ1v) is 7.24. The van der Waals surface area contributed by atoms with Crippen LogP contribution in [0.3, 0.4) is 0 Å². The molecule has 0 aliphatic rings. The van der Waals surface area contributed by atoms with E-state index in [2.05, 4.69) is 4.74 Å². The topological polar surface area (TPSA) is 9.23 Å². The second-order valence-electron chi connectivity index (χ2n) is 3.39. The number of halogens is 4. The Balaban J connectivity index is 2.04. The first-order chi connectivity index (χ1) is 8.53. The van der Waals surface area contributed by atoms with Gasteiger partial charge in [0.15, 0.2) is 0 Å². The number of hydrogen-bond donors (Lipinski definition) is 0. The van der Waals surface area contributed by atoms with Crippen LogP contribution in [0.5, 0.6) is 5.75 Å². The first-order valence-electron chi connectivity index (χ1n) is 5.09. The quantitative estimate of drug-likeness (QED) is 0.729. The van der Waals surface area contributed by atoms with E-state index in [4.69, 9.17) is 0 Å². The zero-order valence-electron chi connectivity index (χ0n) is 9.12. The molecule has 0 N–H and O–H groups in total. The van der Waals surface area contributed by atoms with E-state index in [1.54, 1.807) is 12.1 Å². The van der Waals surface area contributed by atoms with Crippen LogP contribution in [0.4, 0.5) is 13.2 Å². The Bertz CT molecular complexity index is 494. The van der Waals surface area contributed by atoms with Gasteiger partial charge in [0, 0.05) is 0 Å². The van der Waals surface area contributed by atoms with Crippen LogP contribution >= 0.6 is 0 Å². The van der Waals surface area contributed by atoms with Crippen LogP contribution in [-0.2, 0) is 0 Å². The molecule has 0 heterocycles. The van der Waals surface area contributed by atoms with Crippen molar-refractivity contribution in [1.29, 1.82) is 0 Å². The van der Waals surface area contributed by atoms with Gasteiger partial charge in [-0.25, -0.2) is 0 Å². The van der Waals surface area contributed by atoms with Crippen molar-refractivity contribution in [2.75, 3.05) is 0 Å². The average Bonchev–Trinajstić information content (AvgIpc) is 2.31. The van der Waals surface area contributed by atoms with Gasteiger partial charge >= 0.3 is 113 Å². The first kappa shape index (κ1) is 13.2. The fraction of sp³-hybridized carbons (Fsp3) is 0.0769. The number of alkyl halides is 3. The van der Waals surface area contributed by atoms with Crippen LogP contribution in [-0.4, -0.2) is 6.36 Å². The van der Waals surface area contributed by atoms with E-state index in [0.29, 0.717) is 0 Å². The van der Waals surface area contributed by atoms with E-state index >= 15 is 0 Å². The second kappa shape index (κ2) is 5.60. The number of hydrogen-bond acceptors (Lipinski definition) is 1. The fourth-order valence-corrected chi connectivity index (χ4v) is 3.52. The third-order valence-corrected chi connectivity index (χ3v) is 4.68. The minimum atomic E-state index is -4.63. The predicted molar refractivity (Wildman–Crippen MR) is 57.0 cm³/mol. The fourth-order valence-electron chi connectivity index (χ4n) is 1.30. The molecule has 0 amide bonds. The number of ether oxygens (including phenoxy) is 1. The Morgan fingerprint density at radius 2 is 1.33 bits per heavy atom. The van der Waals surface area contributed by atoms with E-state index in [9.17, 15) is 13.2 Å². The molecule has 5 heteroatoms. The van der Waals surface area contributed by atoms with Gasteiger partial charge in [-0.15, -0.1) is 0 Å². The Labute approximate surface area is 113 Å². The molecular weight excluding hydrogens is 356 g/mol. The summed E-state index contributed by atoms with van der Waals surface area (Å²) in [6.07, 6.45) is -4.63. The zero-order valence-corrected chi connectivity index (χ0v) is 11.3. The van der Waals surface area contributed by atoms with Crippen LogP contribution in [0.25, 0.3) is 0 Å². The van der Waals surface area contributed by atoms with Gasteiger partial charge in [0.2, 0.25) is 0 Å². The van der Waals surface area contributed by atoms with E-state index in [1.165, 1.54) is 15.7 Å². The van der Waals surface area contributed by atoms with E-state index < -0.39 is 6.36 Å². The maximum atomic E-state index is 12.0. The summed E-state index contributed by atoms with van der Waals surface area (Å²) in [5.74, 6) is -0.177. The van der Waals surface area contributed by atoms with Gasteiger partial charge in [-0.2, -0.15) is 0 Å². The van der Waals surface area contributed by atoms with Crippen molar-refractivity contribution >= 4 is 0 Å². The Morgan fingerprint density at radius 1 is 0.778 bits per heavy atom. The zero-order chi connectivity index (χ0) is 13.0. The van der Waals surface area contributed by atoms with Crippen molar-refractivity contribution in [3.05, 3.63) is 61.7 Å². The molecule has 0 radical (unpaired) electrons. The predicted octanol–water partition coefficient (Wildman–Crippen LogP) is 0.714. The molecule has 0 aromatic heterocycles. The van der Waals surface area contributed by atoms with Crippen LogP contribution in [0.2, 0.25) is 0 Å². The molecular formula is C13H9F3IO-. The Hall–Kier alpha value is -1.24. The molecule has 0 atom stereocenters. The summed E-state index contributed by atoms with van der Waals surface area (Å²) in [6.45, 7) is 0. The molecule has 2 rings (SSSR count). The molecule has 2 aromatic rings. The molecule has 0 spiro atoms. The molecule has 2 aromatic carbocycles. The molecule has 0 saturated heterocycles. The second-order valence-corrected chi connectivity index (χ2v) is 6.42. The van der Waals surface area contributed by atoms with E-state index in [0.717, 1.165) is 3.57 Å².